The van der Waals surface area contributed by atoms with Crippen LogP contribution in [0.2, 0.25) is 0 Å². The van der Waals surface area contributed by atoms with E-state index in [1.54, 1.807) is 18.2 Å². The van der Waals surface area contributed by atoms with Crippen molar-refractivity contribution in [1.82, 2.24) is 0 Å². The zero-order valence-corrected chi connectivity index (χ0v) is 34.6. The van der Waals surface area contributed by atoms with Crippen LogP contribution in [0.4, 0.5) is 0 Å². The summed E-state index contributed by atoms with van der Waals surface area (Å²) in [7, 11) is -1.75. The van der Waals surface area contributed by atoms with E-state index in [4.69, 9.17) is 12.6 Å². The van der Waals surface area contributed by atoms with Crippen molar-refractivity contribution < 1.29 is 29.8 Å². The van der Waals surface area contributed by atoms with Gasteiger partial charge in [0.2, 0.25) is 0 Å². The fraction of sp³-hybridized carbons (Fsp3) is 0. The van der Waals surface area contributed by atoms with Crippen LogP contribution < -0.4 is 31.8 Å². The quantitative estimate of drug-likeness (QED) is 0.0918. The van der Waals surface area contributed by atoms with Crippen LogP contribution in [0, 0.1) is 0 Å². The molecule has 0 aromatic heterocycles. The summed E-state index contributed by atoms with van der Waals surface area (Å²) >= 11 is 2.86. The Balaban J connectivity index is 0.000000154. The maximum Gasteiger partial charge on any atom is 2.00 e. The van der Waals surface area contributed by atoms with Crippen LogP contribution in [-0.2, 0) is 44.8 Å². The molecular formula is C46H38O2P2PtS2+2. The van der Waals surface area contributed by atoms with Crippen molar-refractivity contribution in [3.63, 3.8) is 0 Å². The third-order valence-electron chi connectivity index (χ3n) is 8.38. The molecule has 2 nitrogen and oxygen atoms in total. The fourth-order valence-corrected chi connectivity index (χ4v) is 12.2. The Morgan fingerprint density at radius 3 is 0.906 bits per heavy atom. The minimum absolute atomic E-state index is 0. The smallest absolute Gasteiger partial charge is 0.779 e. The second-order valence-corrected chi connectivity index (χ2v) is 18.1. The molecule has 1 atom stereocenters. The Hall–Kier alpha value is -4.10. The molecule has 0 bridgehead atoms. The van der Waals surface area contributed by atoms with E-state index in [-0.39, 0.29) is 26.0 Å². The molecule has 1 unspecified atom stereocenters. The van der Waals surface area contributed by atoms with Gasteiger partial charge in [-0.3, -0.25) is 4.21 Å². The molecule has 0 fully saturated rings. The first-order valence-corrected chi connectivity index (χ1v) is 21.4. The predicted octanol–water partition coefficient (Wildman–Crippen LogP) is 8.34. The van der Waals surface area contributed by atoms with Crippen molar-refractivity contribution in [3.05, 3.63) is 218 Å². The first-order valence-electron chi connectivity index (χ1n) is 16.9. The Morgan fingerprint density at radius 2 is 0.642 bits per heavy atom. The van der Waals surface area contributed by atoms with Crippen molar-refractivity contribution in [1.29, 1.82) is 0 Å². The van der Waals surface area contributed by atoms with Crippen LogP contribution in [0.1, 0.15) is 0 Å². The molecule has 0 aliphatic carbocycles. The number of rotatable bonds is 7. The van der Waals surface area contributed by atoms with Crippen LogP contribution in [0.5, 0.6) is 0 Å². The molecule has 0 radical (unpaired) electrons. The molecule has 7 heteroatoms. The number of hydrogen-bond donors (Lipinski definition) is 0. The number of fused-ring (bicyclic) bond motifs is 1. The minimum atomic E-state index is -2.23. The van der Waals surface area contributed by atoms with Crippen LogP contribution >= 0.6 is 15.8 Å². The number of hydrogen-bond acceptors (Lipinski definition) is 3. The summed E-state index contributed by atoms with van der Waals surface area (Å²) in [5.41, 5.74) is 0. The third kappa shape index (κ3) is 11.0. The second-order valence-electron chi connectivity index (χ2n) is 11.8. The topological polar surface area (TPSA) is 40.1 Å². The zero-order valence-electron chi connectivity index (χ0n) is 28.7. The summed E-state index contributed by atoms with van der Waals surface area (Å²) in [5.74, 6) is 0. The van der Waals surface area contributed by atoms with Gasteiger partial charge in [-0.2, -0.15) is 4.90 Å². The maximum atomic E-state index is 10.9. The molecule has 0 saturated heterocycles. The van der Waals surface area contributed by atoms with Gasteiger partial charge in [-0.25, -0.2) is 0 Å². The predicted molar refractivity (Wildman–Crippen MR) is 230 cm³/mol. The number of benzene rings is 8. The van der Waals surface area contributed by atoms with E-state index in [9.17, 15) is 8.76 Å². The van der Waals surface area contributed by atoms with E-state index in [2.05, 4.69) is 182 Å². The molecule has 0 aliphatic heterocycles. The van der Waals surface area contributed by atoms with Gasteiger partial charge < -0.3 is 17.2 Å². The average Bonchev–Trinajstić information content (AvgIpc) is 3.21. The van der Waals surface area contributed by atoms with E-state index in [1.807, 2.05) is 18.2 Å². The van der Waals surface area contributed by atoms with E-state index in [1.165, 1.54) is 31.8 Å². The van der Waals surface area contributed by atoms with Crippen LogP contribution in [-0.4, -0.2) is 8.76 Å². The van der Waals surface area contributed by atoms with Crippen molar-refractivity contribution >= 4 is 82.2 Å². The molecule has 264 valence electrons. The van der Waals surface area contributed by atoms with E-state index >= 15 is 0 Å². The Kier molecular flexibility index (Phi) is 15.9. The van der Waals surface area contributed by atoms with Gasteiger partial charge in [0.25, 0.3) is 0 Å². The van der Waals surface area contributed by atoms with Gasteiger partial charge in [-0.15, -0.1) is 0 Å². The zero-order chi connectivity index (χ0) is 36.0. The molecule has 0 heterocycles. The first-order chi connectivity index (χ1) is 25.6. The Bertz CT molecular complexity index is 1970. The second kappa shape index (κ2) is 21.0. The molecule has 8 aromatic carbocycles. The van der Waals surface area contributed by atoms with Gasteiger partial charge >= 0.3 is 21.1 Å². The molecule has 0 amide bonds. The molecule has 0 aliphatic rings. The van der Waals surface area contributed by atoms with E-state index in [0.717, 1.165) is 5.39 Å². The van der Waals surface area contributed by atoms with Crippen molar-refractivity contribution in [2.45, 2.75) is 9.79 Å². The minimum Gasteiger partial charge on any atom is -0.779 e. The molecular weight excluding hydrogens is 906 g/mol. The summed E-state index contributed by atoms with van der Waals surface area (Å²) in [6.07, 6.45) is 0. The molecule has 0 N–H and O–H groups in total. The van der Waals surface area contributed by atoms with Crippen molar-refractivity contribution in [3.8, 4) is 0 Å². The first kappa shape index (κ1) is 40.1. The van der Waals surface area contributed by atoms with Crippen molar-refractivity contribution in [2.24, 2.45) is 0 Å². The van der Waals surface area contributed by atoms with Gasteiger partial charge in [0.15, 0.2) is 0 Å². The molecule has 0 saturated carbocycles. The average molecular weight is 944 g/mol. The largest absolute Gasteiger partial charge is 2.00 e. The normalized spacial score (nSPS) is 11.0. The Morgan fingerprint density at radius 1 is 0.377 bits per heavy atom. The SMILES string of the molecule is O=S([O-])c1cccc2cccc([S-])c12.[Pt+2].c1ccc([PH+](c2ccccc2)c2ccccc2)cc1.c1ccc([PH+](c2ccccc2)c2ccccc2)cc1. The third-order valence-corrected chi connectivity index (χ3v) is 14.9. The van der Waals surface area contributed by atoms with Crippen LogP contribution in [0.25, 0.3) is 10.8 Å². The summed E-state index contributed by atoms with van der Waals surface area (Å²) < 4.78 is 21.8. The van der Waals surface area contributed by atoms with Crippen molar-refractivity contribution in [2.75, 3.05) is 0 Å². The molecule has 8 rings (SSSR count). The van der Waals surface area contributed by atoms with Crippen LogP contribution in [0.15, 0.2) is 228 Å². The Labute approximate surface area is 337 Å². The van der Waals surface area contributed by atoms with Gasteiger partial charge in [-0.05, 0) is 101 Å². The fourth-order valence-electron chi connectivity index (χ4n) is 6.04. The summed E-state index contributed by atoms with van der Waals surface area (Å²) in [6.45, 7) is 0. The van der Waals surface area contributed by atoms with Gasteiger partial charge in [0.05, 0.1) is 15.8 Å². The van der Waals surface area contributed by atoms with Gasteiger partial charge in [-0.1, -0.05) is 140 Å². The van der Waals surface area contributed by atoms with E-state index < -0.39 is 26.9 Å². The summed E-state index contributed by atoms with van der Waals surface area (Å²) in [5, 5.41) is 10.1. The summed E-state index contributed by atoms with van der Waals surface area (Å²) in [4.78, 5) is 0.843. The monoisotopic (exact) mass is 943 g/mol. The van der Waals surface area contributed by atoms with E-state index in [0.29, 0.717) is 10.3 Å². The maximum absolute atomic E-state index is 10.9. The molecule has 8 aromatic rings. The molecule has 53 heavy (non-hydrogen) atoms. The van der Waals surface area contributed by atoms with Gasteiger partial charge in [0, 0.05) is 4.90 Å². The standard InChI is InChI=1S/2C18H15P.C10H8O2S2.Pt/c2*1-4-10-16(11-5-1)19(17-12-6-2-7-13-17)18-14-8-3-9-15-18;11-14(12)9-6-2-4-7-3-1-5-8(13)10(7)9;/h2*1-15H;1-6,13H,(H,11,12);/q;;;+2. The van der Waals surface area contributed by atoms with Gasteiger partial charge in [0.1, 0.15) is 31.8 Å². The van der Waals surface area contributed by atoms with Crippen LogP contribution in [0.3, 0.4) is 0 Å². The summed E-state index contributed by atoms with van der Waals surface area (Å²) in [6, 6.07) is 75.5. The molecule has 0 spiro atoms.